The van der Waals surface area contributed by atoms with Crippen molar-refractivity contribution in [3.8, 4) is 11.5 Å². The highest BCUT2D eigenvalue weighted by atomic mass is 16.5. The van der Waals surface area contributed by atoms with Gasteiger partial charge in [0, 0.05) is 26.2 Å². The molecule has 2 amide bonds. The van der Waals surface area contributed by atoms with Gasteiger partial charge in [-0.2, -0.15) is 0 Å². The van der Waals surface area contributed by atoms with Gasteiger partial charge in [-0.15, -0.1) is 0 Å². The fourth-order valence-electron chi connectivity index (χ4n) is 3.06. The number of carbonyl (C=O) groups is 2. The van der Waals surface area contributed by atoms with Crippen LogP contribution >= 0.6 is 0 Å². The van der Waals surface area contributed by atoms with E-state index in [2.05, 4.69) is 0 Å². The summed E-state index contributed by atoms with van der Waals surface area (Å²) in [4.78, 5) is 28.2. The molecule has 0 spiro atoms. The summed E-state index contributed by atoms with van der Waals surface area (Å²) >= 11 is 0. The molecule has 2 aromatic rings. The van der Waals surface area contributed by atoms with Crippen molar-refractivity contribution in [2.75, 3.05) is 39.9 Å². The third kappa shape index (κ3) is 4.54. The Morgan fingerprint density at radius 3 is 2.50 bits per heavy atom. The highest BCUT2D eigenvalue weighted by Gasteiger charge is 2.25. The Bertz CT molecular complexity index is 836. The second-order valence-corrected chi connectivity index (χ2v) is 6.38. The predicted molar refractivity (Wildman–Crippen MR) is 104 cm³/mol. The van der Waals surface area contributed by atoms with E-state index in [4.69, 9.17) is 13.9 Å². The Kier molecular flexibility index (Phi) is 6.37. The molecule has 28 heavy (non-hydrogen) atoms. The van der Waals surface area contributed by atoms with E-state index >= 15 is 0 Å². The minimum absolute atomic E-state index is 0.0744. The maximum Gasteiger partial charge on any atom is 0.260 e. The van der Waals surface area contributed by atoms with Crippen LogP contribution in [0.4, 0.5) is 0 Å². The monoisotopic (exact) mass is 384 g/mol. The molecule has 0 N–H and O–H groups in total. The van der Waals surface area contributed by atoms with Crippen LogP contribution in [-0.2, 0) is 4.79 Å². The van der Waals surface area contributed by atoms with Crippen molar-refractivity contribution in [2.45, 2.75) is 6.92 Å². The van der Waals surface area contributed by atoms with Crippen LogP contribution in [0.2, 0.25) is 0 Å². The third-order valence-electron chi connectivity index (χ3n) is 4.59. The van der Waals surface area contributed by atoms with E-state index < -0.39 is 0 Å². The highest BCUT2D eigenvalue weighted by molar-refractivity contribution is 5.94. The largest absolute Gasteiger partial charge is 0.493 e. The molecular formula is C21H24N2O5. The van der Waals surface area contributed by atoms with Gasteiger partial charge in [0.15, 0.2) is 18.1 Å². The molecule has 3 rings (SSSR count). The van der Waals surface area contributed by atoms with Gasteiger partial charge in [-0.25, -0.2) is 0 Å². The number of hydrogen-bond donors (Lipinski definition) is 0. The number of allylic oxidation sites excluding steroid dienone is 1. The summed E-state index contributed by atoms with van der Waals surface area (Å²) in [5.74, 6) is 0.912. The van der Waals surface area contributed by atoms with Crippen molar-refractivity contribution in [2.24, 2.45) is 0 Å². The van der Waals surface area contributed by atoms with Gasteiger partial charge in [0.2, 0.25) is 0 Å². The Morgan fingerprint density at radius 2 is 1.86 bits per heavy atom. The lowest BCUT2D eigenvalue weighted by Crippen LogP contribution is -2.51. The topological polar surface area (TPSA) is 72.2 Å². The number of piperazine rings is 1. The number of amides is 2. The van der Waals surface area contributed by atoms with Crippen LogP contribution in [0.3, 0.4) is 0 Å². The van der Waals surface area contributed by atoms with E-state index in [1.54, 1.807) is 29.0 Å². The molecule has 1 aliphatic rings. The number of hydrogen-bond acceptors (Lipinski definition) is 5. The average Bonchev–Trinajstić information content (AvgIpc) is 3.27. The Hall–Kier alpha value is -3.22. The number of ether oxygens (including phenoxy) is 2. The fourth-order valence-corrected chi connectivity index (χ4v) is 3.06. The summed E-state index contributed by atoms with van der Waals surface area (Å²) in [5, 5.41) is 0. The van der Waals surface area contributed by atoms with Gasteiger partial charge in [-0.05, 0) is 30.7 Å². The lowest BCUT2D eigenvalue weighted by molar-refractivity contribution is -0.134. The molecule has 148 valence electrons. The van der Waals surface area contributed by atoms with Gasteiger partial charge in [0.25, 0.3) is 11.8 Å². The Morgan fingerprint density at radius 1 is 1.11 bits per heavy atom. The molecule has 1 fully saturated rings. The first-order valence-corrected chi connectivity index (χ1v) is 9.15. The molecule has 0 unspecified atom stereocenters. The highest BCUT2D eigenvalue weighted by Crippen LogP contribution is 2.28. The maximum atomic E-state index is 12.5. The lowest BCUT2D eigenvalue weighted by Gasteiger charge is -2.34. The van der Waals surface area contributed by atoms with Gasteiger partial charge in [-0.3, -0.25) is 9.59 Å². The quantitative estimate of drug-likeness (QED) is 0.766. The van der Waals surface area contributed by atoms with Crippen LogP contribution in [-0.4, -0.2) is 61.5 Å². The first kappa shape index (κ1) is 19.5. The standard InChI is InChI=1S/C21H24N2O5/c1-3-4-16-5-6-18(19(13-16)26-2)28-15-20(24)22-8-10-23(11-9-22)21(25)17-7-12-27-14-17/h3-7,12-14H,8-11,15H2,1-2H3/b4-3+. The van der Waals surface area contributed by atoms with Crippen molar-refractivity contribution < 1.29 is 23.5 Å². The smallest absolute Gasteiger partial charge is 0.260 e. The molecule has 0 atom stereocenters. The zero-order chi connectivity index (χ0) is 19.9. The summed E-state index contributed by atoms with van der Waals surface area (Å²) in [6.45, 7) is 3.79. The van der Waals surface area contributed by atoms with Gasteiger partial charge in [0.05, 0.1) is 18.9 Å². The minimum atomic E-state index is -0.116. The number of furan rings is 1. The minimum Gasteiger partial charge on any atom is -0.493 e. The van der Waals surface area contributed by atoms with E-state index in [0.29, 0.717) is 43.2 Å². The van der Waals surface area contributed by atoms with Crippen molar-refractivity contribution in [3.05, 3.63) is 54.0 Å². The van der Waals surface area contributed by atoms with Gasteiger partial charge in [0.1, 0.15) is 6.26 Å². The van der Waals surface area contributed by atoms with Crippen LogP contribution in [0.25, 0.3) is 6.08 Å². The Labute approximate surface area is 164 Å². The number of benzene rings is 1. The van der Waals surface area contributed by atoms with Crippen LogP contribution in [0.5, 0.6) is 11.5 Å². The van der Waals surface area contributed by atoms with Crippen molar-refractivity contribution in [1.29, 1.82) is 0 Å². The molecule has 0 bridgehead atoms. The summed E-state index contributed by atoms with van der Waals surface area (Å²) in [6, 6.07) is 7.20. The van der Waals surface area contributed by atoms with Crippen molar-refractivity contribution in [3.63, 3.8) is 0 Å². The molecular weight excluding hydrogens is 360 g/mol. The molecule has 1 aromatic heterocycles. The molecule has 0 radical (unpaired) electrons. The SMILES string of the molecule is C/C=C/c1ccc(OCC(=O)N2CCN(C(=O)c3ccoc3)CC2)c(OC)c1. The normalized spacial score (nSPS) is 14.4. The molecule has 1 saturated heterocycles. The third-order valence-corrected chi connectivity index (χ3v) is 4.59. The number of nitrogens with zero attached hydrogens (tertiary/aromatic N) is 2. The van der Waals surface area contributed by atoms with Crippen LogP contribution in [0.15, 0.2) is 47.3 Å². The summed E-state index contributed by atoms with van der Waals surface area (Å²) in [7, 11) is 1.57. The summed E-state index contributed by atoms with van der Waals surface area (Å²) in [5.41, 5.74) is 1.52. The van der Waals surface area contributed by atoms with Crippen LogP contribution in [0.1, 0.15) is 22.8 Å². The van der Waals surface area contributed by atoms with Crippen LogP contribution < -0.4 is 9.47 Å². The molecule has 2 heterocycles. The van der Waals surface area contributed by atoms with E-state index in [1.807, 2.05) is 31.2 Å². The maximum absolute atomic E-state index is 12.5. The second-order valence-electron chi connectivity index (χ2n) is 6.38. The van der Waals surface area contributed by atoms with Gasteiger partial charge >= 0.3 is 0 Å². The van der Waals surface area contributed by atoms with Gasteiger partial charge in [-0.1, -0.05) is 18.2 Å². The zero-order valence-electron chi connectivity index (χ0n) is 16.1. The summed E-state index contributed by atoms with van der Waals surface area (Å²) < 4.78 is 16.0. The first-order chi connectivity index (χ1) is 13.6. The van der Waals surface area contributed by atoms with E-state index in [-0.39, 0.29) is 18.4 Å². The van der Waals surface area contributed by atoms with Crippen molar-refractivity contribution >= 4 is 17.9 Å². The lowest BCUT2D eigenvalue weighted by atomic mass is 10.2. The Balaban J connectivity index is 1.52. The molecule has 7 heteroatoms. The molecule has 1 aliphatic heterocycles. The van der Waals surface area contributed by atoms with E-state index in [9.17, 15) is 9.59 Å². The molecule has 0 saturated carbocycles. The zero-order valence-corrected chi connectivity index (χ0v) is 16.1. The predicted octanol–water partition coefficient (Wildman–Crippen LogP) is 2.68. The number of carbonyl (C=O) groups excluding carboxylic acids is 2. The number of methoxy groups -OCH3 is 1. The molecule has 0 aliphatic carbocycles. The fraction of sp³-hybridized carbons (Fsp3) is 0.333. The first-order valence-electron chi connectivity index (χ1n) is 9.15. The van der Waals surface area contributed by atoms with E-state index in [1.165, 1.54) is 12.5 Å². The van der Waals surface area contributed by atoms with Crippen LogP contribution in [0, 0.1) is 0 Å². The molecule has 7 nitrogen and oxygen atoms in total. The molecule has 1 aromatic carbocycles. The second kappa shape index (κ2) is 9.12. The average molecular weight is 384 g/mol. The number of rotatable bonds is 6. The summed E-state index contributed by atoms with van der Waals surface area (Å²) in [6.07, 6.45) is 6.81. The van der Waals surface area contributed by atoms with Crippen molar-refractivity contribution in [1.82, 2.24) is 9.80 Å². The van der Waals surface area contributed by atoms with E-state index in [0.717, 1.165) is 5.56 Å². The van der Waals surface area contributed by atoms with Gasteiger partial charge < -0.3 is 23.7 Å².